The molecule has 0 aliphatic carbocycles. The first-order valence-electron chi connectivity index (χ1n) is 9.33. The number of benzene rings is 2. The van der Waals surface area contributed by atoms with Crippen LogP contribution in [0, 0.1) is 13.8 Å². The first kappa shape index (κ1) is 23.0. The van der Waals surface area contributed by atoms with Crippen molar-refractivity contribution >= 4 is 24.0 Å². The van der Waals surface area contributed by atoms with Crippen molar-refractivity contribution in [3.05, 3.63) is 59.7 Å². The third-order valence-corrected chi connectivity index (χ3v) is 4.57. The molecule has 2 aromatic rings. The maximum atomic E-state index is 12.9. The second-order valence-corrected chi connectivity index (χ2v) is 6.46. The fourth-order valence-corrected chi connectivity index (χ4v) is 2.81. The third-order valence-electron chi connectivity index (χ3n) is 4.57. The van der Waals surface area contributed by atoms with Crippen LogP contribution in [-0.2, 0) is 4.79 Å². The Bertz CT molecular complexity index is 700. The van der Waals surface area contributed by atoms with Crippen LogP contribution in [0.2, 0.25) is 0 Å². The molecule has 1 amide bonds. The second kappa shape index (κ2) is 11.6. The Morgan fingerprint density at radius 3 is 2.19 bits per heavy atom. The average Bonchev–Trinajstić information content (AvgIpc) is 2.65. The number of ether oxygens (including phenoxy) is 1. The van der Waals surface area contributed by atoms with E-state index in [9.17, 15) is 4.79 Å². The molecule has 0 aliphatic heterocycles. The fraction of sp³-hybridized carbons (Fsp3) is 0.409. The number of hydrogen-bond donors (Lipinski definition) is 0. The molecule has 4 nitrogen and oxygen atoms in total. The molecule has 0 N–H and O–H groups in total. The molecule has 0 radical (unpaired) electrons. The van der Waals surface area contributed by atoms with Crippen molar-refractivity contribution in [1.82, 2.24) is 4.90 Å². The summed E-state index contributed by atoms with van der Waals surface area (Å²) in [5.74, 6) is 0.971. The molecule has 0 saturated carbocycles. The molecule has 0 aromatic heterocycles. The summed E-state index contributed by atoms with van der Waals surface area (Å²) >= 11 is 0. The predicted molar refractivity (Wildman–Crippen MR) is 115 cm³/mol. The normalized spacial score (nSPS) is 10.4. The standard InChI is InChI=1S/C22H30N2O2.ClH/c1-5-23(6-2)17-22(25)24(20-13-11-18(3)12-14-20)15-16-26-21-10-8-7-9-19(21)4;/h7-14H,5-6,15-17H2,1-4H3;1H. The summed E-state index contributed by atoms with van der Waals surface area (Å²) in [6, 6.07) is 16.0. The molecular formula is C22H31ClN2O2. The van der Waals surface area contributed by atoms with Crippen LogP contribution >= 0.6 is 12.4 Å². The molecule has 0 heterocycles. The third kappa shape index (κ3) is 6.89. The average molecular weight is 391 g/mol. The number of likely N-dealkylation sites (N-methyl/N-ethyl adjacent to an activating group) is 1. The van der Waals surface area contributed by atoms with Crippen LogP contribution in [0.15, 0.2) is 48.5 Å². The minimum atomic E-state index is 0. The molecule has 0 atom stereocenters. The molecule has 2 aromatic carbocycles. The number of amides is 1. The van der Waals surface area contributed by atoms with Gasteiger partial charge in [-0.25, -0.2) is 0 Å². The Kier molecular flexibility index (Phi) is 9.90. The Morgan fingerprint density at radius 2 is 1.59 bits per heavy atom. The number of aryl methyl sites for hydroxylation is 2. The maximum absolute atomic E-state index is 12.9. The number of carbonyl (C=O) groups is 1. The number of anilines is 1. The summed E-state index contributed by atoms with van der Waals surface area (Å²) in [6.45, 7) is 11.4. The van der Waals surface area contributed by atoms with Crippen molar-refractivity contribution in [2.24, 2.45) is 0 Å². The van der Waals surface area contributed by atoms with Crippen molar-refractivity contribution in [3.63, 3.8) is 0 Å². The van der Waals surface area contributed by atoms with E-state index in [-0.39, 0.29) is 18.3 Å². The highest BCUT2D eigenvalue weighted by atomic mass is 35.5. The number of rotatable bonds is 9. The Hall–Kier alpha value is -2.04. The topological polar surface area (TPSA) is 32.8 Å². The highest BCUT2D eigenvalue weighted by Gasteiger charge is 2.18. The molecule has 27 heavy (non-hydrogen) atoms. The van der Waals surface area contributed by atoms with Gasteiger partial charge < -0.3 is 9.64 Å². The molecule has 0 aliphatic rings. The van der Waals surface area contributed by atoms with E-state index in [1.807, 2.05) is 67.3 Å². The lowest BCUT2D eigenvalue weighted by Crippen LogP contribution is -2.42. The highest BCUT2D eigenvalue weighted by molar-refractivity contribution is 5.94. The van der Waals surface area contributed by atoms with Gasteiger partial charge in [0.1, 0.15) is 12.4 Å². The van der Waals surface area contributed by atoms with Crippen LogP contribution in [-0.4, -0.2) is 43.6 Å². The summed E-state index contributed by atoms with van der Waals surface area (Å²) in [5, 5.41) is 0. The van der Waals surface area contributed by atoms with Gasteiger partial charge in [0.05, 0.1) is 13.1 Å². The minimum Gasteiger partial charge on any atom is -0.491 e. The maximum Gasteiger partial charge on any atom is 0.241 e. The molecule has 0 unspecified atom stereocenters. The number of hydrogen-bond acceptors (Lipinski definition) is 3. The van der Waals surface area contributed by atoms with E-state index in [0.29, 0.717) is 19.7 Å². The first-order chi connectivity index (χ1) is 12.5. The zero-order valence-corrected chi connectivity index (χ0v) is 17.6. The summed E-state index contributed by atoms with van der Waals surface area (Å²) in [5.41, 5.74) is 3.20. The van der Waals surface area contributed by atoms with Crippen LogP contribution in [0.3, 0.4) is 0 Å². The predicted octanol–water partition coefficient (Wildman–Crippen LogP) is 4.48. The quantitative estimate of drug-likeness (QED) is 0.632. The minimum absolute atomic E-state index is 0. The van der Waals surface area contributed by atoms with Gasteiger partial charge in [0, 0.05) is 5.69 Å². The lowest BCUT2D eigenvalue weighted by molar-refractivity contribution is -0.119. The SMILES string of the molecule is CCN(CC)CC(=O)N(CCOc1ccccc1C)c1ccc(C)cc1.Cl. The Balaban J connectivity index is 0.00000364. The van der Waals surface area contributed by atoms with Gasteiger partial charge in [-0.1, -0.05) is 49.7 Å². The van der Waals surface area contributed by atoms with E-state index in [4.69, 9.17) is 4.74 Å². The first-order valence-corrected chi connectivity index (χ1v) is 9.33. The van der Waals surface area contributed by atoms with Gasteiger partial charge in [-0.05, 0) is 50.7 Å². The van der Waals surface area contributed by atoms with Crippen molar-refractivity contribution < 1.29 is 9.53 Å². The fourth-order valence-electron chi connectivity index (χ4n) is 2.81. The molecular weight excluding hydrogens is 360 g/mol. The number of para-hydroxylation sites is 1. The van der Waals surface area contributed by atoms with Crippen LogP contribution < -0.4 is 9.64 Å². The van der Waals surface area contributed by atoms with E-state index >= 15 is 0 Å². The molecule has 148 valence electrons. The van der Waals surface area contributed by atoms with Crippen molar-refractivity contribution in [3.8, 4) is 5.75 Å². The summed E-state index contributed by atoms with van der Waals surface area (Å²) in [6.07, 6.45) is 0. The molecule has 0 saturated heterocycles. The van der Waals surface area contributed by atoms with Gasteiger partial charge in [-0.15, -0.1) is 12.4 Å². The van der Waals surface area contributed by atoms with Crippen molar-refractivity contribution in [2.75, 3.05) is 37.7 Å². The van der Waals surface area contributed by atoms with E-state index in [0.717, 1.165) is 30.1 Å². The molecule has 2 rings (SSSR count). The largest absolute Gasteiger partial charge is 0.491 e. The molecule has 0 bridgehead atoms. The van der Waals surface area contributed by atoms with Crippen molar-refractivity contribution in [2.45, 2.75) is 27.7 Å². The van der Waals surface area contributed by atoms with Crippen molar-refractivity contribution in [1.29, 1.82) is 0 Å². The zero-order valence-electron chi connectivity index (χ0n) is 16.8. The Morgan fingerprint density at radius 1 is 0.963 bits per heavy atom. The van der Waals surface area contributed by atoms with Gasteiger partial charge in [-0.3, -0.25) is 9.69 Å². The lowest BCUT2D eigenvalue weighted by atomic mass is 10.2. The molecule has 5 heteroatoms. The van der Waals surface area contributed by atoms with E-state index < -0.39 is 0 Å². The monoisotopic (exact) mass is 390 g/mol. The summed E-state index contributed by atoms with van der Waals surface area (Å²) in [4.78, 5) is 16.9. The number of halogens is 1. The lowest BCUT2D eigenvalue weighted by Gasteiger charge is -2.26. The molecule has 0 fully saturated rings. The van der Waals surface area contributed by atoms with Gasteiger partial charge in [0.2, 0.25) is 5.91 Å². The smallest absolute Gasteiger partial charge is 0.241 e. The summed E-state index contributed by atoms with van der Waals surface area (Å²) < 4.78 is 5.91. The Labute approximate surface area is 169 Å². The van der Waals surface area contributed by atoms with Gasteiger partial charge >= 0.3 is 0 Å². The van der Waals surface area contributed by atoms with Gasteiger partial charge in [0.15, 0.2) is 0 Å². The van der Waals surface area contributed by atoms with E-state index in [1.54, 1.807) is 0 Å². The van der Waals surface area contributed by atoms with E-state index in [1.165, 1.54) is 5.56 Å². The van der Waals surface area contributed by atoms with E-state index in [2.05, 4.69) is 18.7 Å². The van der Waals surface area contributed by atoms with Gasteiger partial charge in [0.25, 0.3) is 0 Å². The zero-order chi connectivity index (χ0) is 18.9. The van der Waals surface area contributed by atoms with Crippen LogP contribution in [0.1, 0.15) is 25.0 Å². The van der Waals surface area contributed by atoms with Crippen LogP contribution in [0.25, 0.3) is 0 Å². The van der Waals surface area contributed by atoms with Crippen LogP contribution in [0.4, 0.5) is 5.69 Å². The highest BCUT2D eigenvalue weighted by Crippen LogP contribution is 2.18. The summed E-state index contributed by atoms with van der Waals surface area (Å²) in [7, 11) is 0. The van der Waals surface area contributed by atoms with Crippen LogP contribution in [0.5, 0.6) is 5.75 Å². The molecule has 0 spiro atoms. The second-order valence-electron chi connectivity index (χ2n) is 6.46. The number of nitrogens with zero attached hydrogens (tertiary/aromatic N) is 2. The number of carbonyl (C=O) groups excluding carboxylic acids is 1. The van der Waals surface area contributed by atoms with Gasteiger partial charge in [-0.2, -0.15) is 0 Å².